The molecule has 0 amide bonds. The van der Waals surface area contributed by atoms with Crippen molar-refractivity contribution in [1.82, 2.24) is 24.9 Å². The van der Waals surface area contributed by atoms with Crippen LogP contribution >= 0.6 is 93.7 Å². The van der Waals surface area contributed by atoms with E-state index in [-0.39, 0.29) is 0 Å². The summed E-state index contributed by atoms with van der Waals surface area (Å²) >= 11 is 14.1. The van der Waals surface area contributed by atoms with Crippen LogP contribution in [0.3, 0.4) is 0 Å². The number of para-hydroxylation sites is 3. The highest BCUT2D eigenvalue weighted by atomic mass is 32.2. The number of hydrogen-bond acceptors (Lipinski definition) is 20. The van der Waals surface area contributed by atoms with Crippen LogP contribution in [0.1, 0.15) is 138 Å². The zero-order chi connectivity index (χ0) is 61.2. The third-order valence-corrected chi connectivity index (χ3v) is 15.6. The Hall–Kier alpha value is -3.76. The number of fused-ring (bicyclic) bond motifs is 2. The van der Waals surface area contributed by atoms with Crippen molar-refractivity contribution in [3.05, 3.63) is 122 Å². The van der Waals surface area contributed by atoms with Crippen LogP contribution in [0.25, 0.3) is 21.3 Å². The first-order chi connectivity index (χ1) is 38.9. The molecular formula is C62H93N11OS8. The Bertz CT molecular complexity index is 2480. The van der Waals surface area contributed by atoms with Crippen LogP contribution in [0.4, 0.5) is 0 Å². The highest BCUT2D eigenvalue weighted by molar-refractivity contribution is 8.14. The maximum absolute atomic E-state index is 5.53. The summed E-state index contributed by atoms with van der Waals surface area (Å²) in [5.74, 6) is 1.67. The molecule has 6 heterocycles. The van der Waals surface area contributed by atoms with Crippen LogP contribution in [0.2, 0.25) is 0 Å². The molecular weight excluding hydrogens is 1170 g/mol. The van der Waals surface area contributed by atoms with Crippen molar-refractivity contribution >= 4 is 125 Å². The van der Waals surface area contributed by atoms with Crippen molar-refractivity contribution in [3.63, 3.8) is 0 Å². The molecule has 82 heavy (non-hydrogen) atoms. The molecule has 0 saturated carbocycles. The molecule has 0 N–H and O–H groups in total. The average molecular weight is 1270 g/mol. The minimum Gasteiger partial charge on any atom is -0.431 e. The largest absolute Gasteiger partial charge is 0.431 e. The van der Waals surface area contributed by atoms with Gasteiger partial charge in [-0.2, -0.15) is 10.2 Å². The fourth-order valence-electron chi connectivity index (χ4n) is 5.27. The maximum atomic E-state index is 5.53. The SMILES string of the molecule is CC(C)C.CC(C)C.CC(C)SC1=NN=NC1.CC(C)SC1=NN=NC1.CC(C)Sc1ccccc1.CC(C)Sc1ccccn1.CC(C)Sc1nc2ccccc2o1.CC(C)Sc1nc2ccccc2s1.CC(C)Sc1ncccn1. The van der Waals surface area contributed by atoms with Gasteiger partial charge in [0.25, 0.3) is 5.22 Å². The van der Waals surface area contributed by atoms with E-state index < -0.39 is 0 Å². The normalized spacial score (nSPS) is 12.0. The average Bonchev–Trinajstić information content (AvgIpc) is 4.25. The van der Waals surface area contributed by atoms with Crippen molar-refractivity contribution in [3.8, 4) is 0 Å². The van der Waals surface area contributed by atoms with Gasteiger partial charge < -0.3 is 4.42 Å². The Kier molecular flexibility index (Phi) is 43.3. The Morgan fingerprint density at radius 3 is 1.29 bits per heavy atom. The van der Waals surface area contributed by atoms with E-state index in [0.717, 1.165) is 53.9 Å². The molecule has 0 spiro atoms. The van der Waals surface area contributed by atoms with Gasteiger partial charge in [-0.05, 0) is 76.9 Å². The molecule has 7 aromatic rings. The summed E-state index contributed by atoms with van der Waals surface area (Å²) < 4.78 is 7.99. The molecule has 0 radical (unpaired) electrons. The Morgan fingerprint density at radius 1 is 0.402 bits per heavy atom. The van der Waals surface area contributed by atoms with Gasteiger partial charge in [0, 0.05) is 60.2 Å². The predicted octanol–water partition coefficient (Wildman–Crippen LogP) is 22.0. The molecule has 2 aliphatic rings. The van der Waals surface area contributed by atoms with Crippen LogP contribution in [-0.2, 0) is 0 Å². The lowest BCUT2D eigenvalue weighted by Gasteiger charge is -2.02. The standard InChI is InChI=1S/C10H11NOS.C10H11NS2.C9H12S.C8H11NS.C7H10N2S.2C5H9N3S.2C4H10/c1-7(2)13-10-11-8-5-3-4-6-9(8)12-10;1-7(2)12-10-11-8-5-3-4-6-9(8)13-10;1-8(2)10-9-6-4-3-5-7-9;1-7(2)10-8-5-3-4-6-9-8;1-6(2)10-7-8-4-3-5-9-7;2*1-4(2)9-5-3-6-8-7-5;2*1-4(2)3/h2*3-7H,1-2H3;3-8H,1-2H3;3-7H,1-2H3;3-6H,1-2H3;2*4H,3H2,1-2H3;2*4H,1-3H3. The molecule has 20 heteroatoms. The highest BCUT2D eigenvalue weighted by Gasteiger charge is 2.09. The van der Waals surface area contributed by atoms with Gasteiger partial charge in [-0.15, -0.1) is 68.6 Å². The summed E-state index contributed by atoms with van der Waals surface area (Å²) in [6.07, 6.45) is 5.35. The van der Waals surface area contributed by atoms with Crippen LogP contribution in [-0.4, -0.2) is 84.8 Å². The molecule has 9 rings (SSSR count). The van der Waals surface area contributed by atoms with E-state index in [1.54, 1.807) is 82.5 Å². The monoisotopic (exact) mass is 1260 g/mol. The molecule has 3 aromatic carbocycles. The Balaban J connectivity index is 0.000000470. The molecule has 2 aliphatic heterocycles. The van der Waals surface area contributed by atoms with Crippen molar-refractivity contribution in [2.45, 2.75) is 200 Å². The van der Waals surface area contributed by atoms with E-state index in [1.807, 2.05) is 90.4 Å². The summed E-state index contributed by atoms with van der Waals surface area (Å²) in [6.45, 7) is 44.5. The first-order valence-corrected chi connectivity index (χ1v) is 34.9. The summed E-state index contributed by atoms with van der Waals surface area (Å²) in [6, 6.07) is 34.4. The number of oxazole rings is 1. The van der Waals surface area contributed by atoms with Crippen LogP contribution in [0.5, 0.6) is 0 Å². The molecule has 0 aliphatic carbocycles. The van der Waals surface area contributed by atoms with E-state index in [4.69, 9.17) is 4.42 Å². The highest BCUT2D eigenvalue weighted by Crippen LogP contribution is 2.32. The lowest BCUT2D eigenvalue weighted by atomic mass is 10.3. The van der Waals surface area contributed by atoms with Gasteiger partial charge in [-0.1, -0.05) is 222 Å². The van der Waals surface area contributed by atoms with Gasteiger partial charge in [-0.25, -0.2) is 24.9 Å². The van der Waals surface area contributed by atoms with Crippen molar-refractivity contribution < 1.29 is 4.42 Å². The van der Waals surface area contributed by atoms with Gasteiger partial charge in [0.2, 0.25) is 0 Å². The zero-order valence-electron chi connectivity index (χ0n) is 52.3. The van der Waals surface area contributed by atoms with Gasteiger partial charge in [0.1, 0.15) is 28.7 Å². The minimum absolute atomic E-state index is 0.507. The van der Waals surface area contributed by atoms with Gasteiger partial charge >= 0.3 is 0 Å². The molecule has 0 fully saturated rings. The van der Waals surface area contributed by atoms with E-state index in [1.165, 1.54) is 13.9 Å². The lowest BCUT2D eigenvalue weighted by molar-refractivity contribution is 0.488. The van der Waals surface area contributed by atoms with Gasteiger partial charge in [-0.3, -0.25) is 0 Å². The van der Waals surface area contributed by atoms with Crippen LogP contribution in [0.15, 0.2) is 182 Å². The Labute approximate surface area is 527 Å². The van der Waals surface area contributed by atoms with Crippen LogP contribution < -0.4 is 0 Å². The number of hydrogen-bond donors (Lipinski definition) is 0. The third-order valence-electron chi connectivity index (χ3n) is 7.81. The Morgan fingerprint density at radius 2 is 0.854 bits per heavy atom. The second-order valence-electron chi connectivity index (χ2n) is 20.8. The number of aromatic nitrogens is 5. The zero-order valence-corrected chi connectivity index (χ0v) is 58.8. The number of nitrogens with zero attached hydrogens (tertiary/aromatic N) is 11. The van der Waals surface area contributed by atoms with Crippen molar-refractivity contribution in [2.75, 3.05) is 13.1 Å². The van der Waals surface area contributed by atoms with E-state index in [9.17, 15) is 0 Å². The van der Waals surface area contributed by atoms with Crippen molar-refractivity contribution in [1.29, 1.82) is 0 Å². The van der Waals surface area contributed by atoms with E-state index >= 15 is 0 Å². The quantitative estimate of drug-likeness (QED) is 0.0843. The summed E-state index contributed by atoms with van der Waals surface area (Å²) in [5, 5.41) is 31.0. The van der Waals surface area contributed by atoms with Gasteiger partial charge in [0.05, 0.1) is 15.2 Å². The minimum atomic E-state index is 0.507. The molecule has 0 unspecified atom stereocenters. The smallest absolute Gasteiger partial charge is 0.256 e. The fourth-order valence-corrected chi connectivity index (χ4v) is 12.1. The predicted molar refractivity (Wildman–Crippen MR) is 372 cm³/mol. The number of rotatable bonds is 12. The molecule has 0 saturated heterocycles. The first-order valence-electron chi connectivity index (χ1n) is 27.9. The molecule has 0 atom stereocenters. The summed E-state index contributed by atoms with van der Waals surface area (Å²) in [5.41, 5.74) is 2.92. The van der Waals surface area contributed by atoms with E-state index in [0.29, 0.717) is 49.8 Å². The topological polar surface area (TPSA) is 152 Å². The second kappa shape index (κ2) is 46.5. The fraction of sp³-hybridized carbons (Fsp3) is 0.500. The number of thioether (sulfide) groups is 7. The van der Waals surface area contributed by atoms with Crippen molar-refractivity contribution in [2.24, 2.45) is 42.7 Å². The first kappa shape index (κ1) is 76.3. The number of pyridine rings is 1. The molecule has 4 aromatic heterocycles. The molecule has 12 nitrogen and oxygen atoms in total. The summed E-state index contributed by atoms with van der Waals surface area (Å²) in [4.78, 5) is 22.6. The van der Waals surface area contributed by atoms with Gasteiger partial charge in [0.15, 0.2) is 15.1 Å². The maximum Gasteiger partial charge on any atom is 0.256 e. The third kappa shape index (κ3) is 43.0. The van der Waals surface area contributed by atoms with Crippen LogP contribution in [0, 0.1) is 11.8 Å². The number of thiazole rings is 1. The molecule has 450 valence electrons. The molecule has 0 bridgehead atoms. The lowest BCUT2D eigenvalue weighted by Crippen LogP contribution is -1.98. The number of benzene rings is 3. The van der Waals surface area contributed by atoms with E-state index in [2.05, 4.69) is 237 Å². The summed E-state index contributed by atoms with van der Waals surface area (Å²) in [7, 11) is 0. The second-order valence-corrected chi connectivity index (χ2v) is 33.3.